The monoisotopic (exact) mass is 439 g/mol. The predicted molar refractivity (Wildman–Crippen MR) is 112 cm³/mol. The first-order valence-electron chi connectivity index (χ1n) is 11.1. The van der Waals surface area contributed by atoms with Gasteiger partial charge in [-0.15, -0.1) is 0 Å². The number of nitrogens with zero attached hydrogens (tertiary/aromatic N) is 1. The number of allylic oxidation sites excluding steroid dienone is 1. The molecule has 3 saturated carbocycles. The molecule has 8 heteroatoms. The van der Waals surface area contributed by atoms with Crippen LogP contribution in [0, 0.1) is 34.5 Å². The maximum Gasteiger partial charge on any atom is 0.472 e. The van der Waals surface area contributed by atoms with Gasteiger partial charge in [0.15, 0.2) is 5.78 Å². The van der Waals surface area contributed by atoms with Gasteiger partial charge in [0.25, 0.3) is 0 Å². The van der Waals surface area contributed by atoms with Crippen molar-refractivity contribution in [3.8, 4) is 0 Å². The van der Waals surface area contributed by atoms with Crippen molar-refractivity contribution in [1.29, 1.82) is 0 Å². The maximum absolute atomic E-state index is 12.0. The number of carbonyl (C=O) groups is 1. The van der Waals surface area contributed by atoms with Crippen molar-refractivity contribution in [3.63, 3.8) is 0 Å². The van der Waals surface area contributed by atoms with Crippen LogP contribution in [0.1, 0.15) is 72.1 Å². The second-order valence-corrected chi connectivity index (χ2v) is 11.5. The summed E-state index contributed by atoms with van der Waals surface area (Å²) in [6.45, 7) is 6.20. The number of phosphoric ester groups is 1. The molecule has 0 aromatic carbocycles. The largest absolute Gasteiger partial charge is 0.472 e. The fourth-order valence-corrected chi connectivity index (χ4v) is 7.71. The van der Waals surface area contributed by atoms with Crippen LogP contribution in [0.2, 0.25) is 0 Å². The summed E-state index contributed by atoms with van der Waals surface area (Å²) in [7, 11) is -4.55. The molecule has 0 aromatic heterocycles. The standard InChI is InChI=1S/C22H34NO6P/c1-14(23-28-13-29-30(25,26)27)18-6-7-19-17-5-4-15-12-16(24)8-10-21(15,2)20(17)9-11-22(18,19)3/h12,17-20H,4-11,13H2,1-3H3,(H2,25,26,27)/t17-,18+,19-,20-,21-,22+/m0/s1. The lowest BCUT2D eigenvalue weighted by molar-refractivity contribution is -0.117. The Bertz CT molecular complexity index is 818. The first-order valence-corrected chi connectivity index (χ1v) is 12.7. The highest BCUT2D eigenvalue weighted by Gasteiger charge is 2.59. The average molecular weight is 439 g/mol. The lowest BCUT2D eigenvalue weighted by Crippen LogP contribution is -2.51. The van der Waals surface area contributed by atoms with E-state index in [0.29, 0.717) is 35.9 Å². The van der Waals surface area contributed by atoms with E-state index in [2.05, 4.69) is 23.5 Å². The minimum absolute atomic E-state index is 0.171. The molecule has 0 radical (unpaired) electrons. The van der Waals surface area contributed by atoms with E-state index in [4.69, 9.17) is 14.6 Å². The van der Waals surface area contributed by atoms with E-state index in [1.54, 1.807) is 0 Å². The SMILES string of the molecule is CC(=NOCOP(=O)(O)O)[C@H]1CC[C@H]2[C@@H]3CCC4=CC(=O)CC[C@]4(C)[C@H]3CC[C@]12C. The first-order chi connectivity index (χ1) is 14.0. The molecule has 0 unspecified atom stereocenters. The van der Waals surface area contributed by atoms with Crippen LogP contribution in [0.4, 0.5) is 0 Å². The van der Waals surface area contributed by atoms with Crippen molar-refractivity contribution < 1.29 is 28.5 Å². The molecule has 30 heavy (non-hydrogen) atoms. The summed E-state index contributed by atoms with van der Waals surface area (Å²) in [4.78, 5) is 34.5. The van der Waals surface area contributed by atoms with Gasteiger partial charge in [-0.05, 0) is 86.5 Å². The van der Waals surface area contributed by atoms with E-state index < -0.39 is 14.6 Å². The normalized spacial score (nSPS) is 41.6. The molecule has 4 aliphatic rings. The zero-order valence-electron chi connectivity index (χ0n) is 18.2. The van der Waals surface area contributed by atoms with E-state index in [-0.39, 0.29) is 10.8 Å². The number of hydrogen-bond acceptors (Lipinski definition) is 5. The highest BCUT2D eigenvalue weighted by Crippen LogP contribution is 2.66. The third-order valence-electron chi connectivity index (χ3n) is 8.95. The smallest absolute Gasteiger partial charge is 0.367 e. The Morgan fingerprint density at radius 3 is 2.67 bits per heavy atom. The summed E-state index contributed by atoms with van der Waals surface area (Å²) in [5, 5.41) is 4.14. The van der Waals surface area contributed by atoms with Crippen molar-refractivity contribution in [3.05, 3.63) is 11.6 Å². The zero-order valence-corrected chi connectivity index (χ0v) is 19.1. The molecular formula is C22H34NO6P. The molecule has 0 amide bonds. The molecule has 0 saturated heterocycles. The maximum atomic E-state index is 12.0. The zero-order chi connectivity index (χ0) is 21.7. The van der Waals surface area contributed by atoms with Gasteiger partial charge in [-0.3, -0.25) is 4.79 Å². The summed E-state index contributed by atoms with van der Waals surface area (Å²) in [6, 6.07) is 0. The number of phosphoric acid groups is 1. The Hall–Kier alpha value is -1.01. The number of carbonyl (C=O) groups excluding carboxylic acids is 1. The van der Waals surface area contributed by atoms with Gasteiger partial charge in [0, 0.05) is 12.3 Å². The number of fused-ring (bicyclic) bond motifs is 5. The topological polar surface area (TPSA) is 105 Å². The molecule has 4 rings (SSSR count). The van der Waals surface area contributed by atoms with Crippen molar-refractivity contribution in [2.75, 3.05) is 6.79 Å². The van der Waals surface area contributed by atoms with Crippen LogP contribution < -0.4 is 0 Å². The first kappa shape index (κ1) is 22.2. The molecule has 168 valence electrons. The Balaban J connectivity index is 1.48. The third-order valence-corrected chi connectivity index (χ3v) is 9.39. The van der Waals surface area contributed by atoms with Crippen LogP contribution in [-0.2, 0) is 18.7 Å². The van der Waals surface area contributed by atoms with Crippen molar-refractivity contribution in [1.82, 2.24) is 0 Å². The van der Waals surface area contributed by atoms with Gasteiger partial charge in [0.1, 0.15) is 0 Å². The predicted octanol–water partition coefficient (Wildman–Crippen LogP) is 4.59. The Kier molecular flexibility index (Phi) is 5.80. The van der Waals surface area contributed by atoms with E-state index in [0.717, 1.165) is 31.4 Å². The third kappa shape index (κ3) is 3.83. The van der Waals surface area contributed by atoms with E-state index in [1.807, 2.05) is 13.0 Å². The fraction of sp³-hybridized carbons (Fsp3) is 0.818. The summed E-state index contributed by atoms with van der Waals surface area (Å²) in [5.74, 6) is 2.62. The van der Waals surface area contributed by atoms with Crippen LogP contribution >= 0.6 is 7.82 Å². The minimum Gasteiger partial charge on any atom is -0.367 e. The second kappa shape index (κ2) is 7.84. The summed E-state index contributed by atoms with van der Waals surface area (Å²) >= 11 is 0. The van der Waals surface area contributed by atoms with E-state index >= 15 is 0 Å². The lowest BCUT2D eigenvalue weighted by atomic mass is 9.46. The highest BCUT2D eigenvalue weighted by atomic mass is 31.2. The molecule has 3 fully saturated rings. The van der Waals surface area contributed by atoms with Crippen molar-refractivity contribution >= 4 is 19.3 Å². The molecule has 7 nitrogen and oxygen atoms in total. The van der Waals surface area contributed by atoms with Crippen LogP contribution in [0.3, 0.4) is 0 Å². The van der Waals surface area contributed by atoms with Gasteiger partial charge in [-0.2, -0.15) is 0 Å². The molecular weight excluding hydrogens is 405 g/mol. The highest BCUT2D eigenvalue weighted by molar-refractivity contribution is 7.46. The molecule has 0 heterocycles. The molecule has 2 N–H and O–H groups in total. The van der Waals surface area contributed by atoms with Gasteiger partial charge in [0.2, 0.25) is 6.79 Å². The molecule has 6 atom stereocenters. The number of ketones is 1. The number of rotatable bonds is 5. The Morgan fingerprint density at radius 2 is 1.93 bits per heavy atom. The van der Waals surface area contributed by atoms with Crippen LogP contribution in [0.25, 0.3) is 0 Å². The molecule has 4 aliphatic carbocycles. The van der Waals surface area contributed by atoms with Gasteiger partial charge in [-0.1, -0.05) is 24.6 Å². The lowest BCUT2D eigenvalue weighted by Gasteiger charge is -2.58. The molecule has 0 aromatic rings. The van der Waals surface area contributed by atoms with Crippen LogP contribution in [0.15, 0.2) is 16.8 Å². The van der Waals surface area contributed by atoms with Gasteiger partial charge >= 0.3 is 7.82 Å². The van der Waals surface area contributed by atoms with Crippen LogP contribution in [-0.4, -0.2) is 28.1 Å². The van der Waals surface area contributed by atoms with Gasteiger partial charge in [0.05, 0.1) is 5.71 Å². The van der Waals surface area contributed by atoms with Crippen molar-refractivity contribution in [2.24, 2.45) is 39.7 Å². The summed E-state index contributed by atoms with van der Waals surface area (Å²) in [6.07, 6.45) is 10.5. The molecule has 0 aliphatic heterocycles. The summed E-state index contributed by atoms with van der Waals surface area (Å²) in [5.41, 5.74) is 2.64. The van der Waals surface area contributed by atoms with Crippen molar-refractivity contribution in [2.45, 2.75) is 72.1 Å². The number of hydrogen-bond donors (Lipinski definition) is 2. The quantitative estimate of drug-likeness (QED) is 0.213. The Morgan fingerprint density at radius 1 is 1.17 bits per heavy atom. The number of oxime groups is 1. The average Bonchev–Trinajstić information content (AvgIpc) is 3.02. The fourth-order valence-electron chi connectivity index (χ4n) is 7.53. The summed E-state index contributed by atoms with van der Waals surface area (Å²) < 4.78 is 15.1. The minimum atomic E-state index is -4.55. The van der Waals surface area contributed by atoms with E-state index in [9.17, 15) is 9.36 Å². The Labute approximate surface area is 178 Å². The van der Waals surface area contributed by atoms with Crippen LogP contribution in [0.5, 0.6) is 0 Å². The second-order valence-electron chi connectivity index (χ2n) is 10.2. The van der Waals surface area contributed by atoms with Gasteiger partial charge < -0.3 is 14.6 Å². The van der Waals surface area contributed by atoms with E-state index in [1.165, 1.54) is 24.8 Å². The van der Waals surface area contributed by atoms with Gasteiger partial charge in [-0.25, -0.2) is 9.09 Å². The molecule has 0 spiro atoms. The molecule has 0 bridgehead atoms.